The Hall–Kier alpha value is -4.25. The van der Waals surface area contributed by atoms with Crippen LogP contribution in [0.5, 0.6) is 11.5 Å². The minimum atomic E-state index is -4.47. The number of anilines is 2. The van der Waals surface area contributed by atoms with Crippen LogP contribution in [0.2, 0.25) is 0 Å². The summed E-state index contributed by atoms with van der Waals surface area (Å²) in [7, 11) is 3.84. The van der Waals surface area contributed by atoms with Gasteiger partial charge in [-0.1, -0.05) is 0 Å². The maximum absolute atomic E-state index is 14.7. The van der Waals surface area contributed by atoms with Gasteiger partial charge < -0.3 is 20.3 Å². The summed E-state index contributed by atoms with van der Waals surface area (Å²) in [5, 5.41) is 4.81. The number of alkyl halides is 3. The van der Waals surface area contributed by atoms with E-state index in [1.54, 1.807) is 24.4 Å². The second-order valence-corrected chi connectivity index (χ2v) is 8.15. The summed E-state index contributed by atoms with van der Waals surface area (Å²) in [6.07, 6.45) is -2.78. The number of rotatable bonds is 6. The standard InChI is InChI=1S/C25H21F4N5O2/c1-34(2)14-18-13-30-21-9-8-19(12-22(21)31-18)36-23-10-7-17(11-20(23)26)33-24(35)32-16-5-3-15(4-6-16)25(27,28)29/h3-13H,14H2,1-2H3,(H2,32,33,35). The van der Waals surface area contributed by atoms with Gasteiger partial charge in [0.1, 0.15) is 5.75 Å². The minimum absolute atomic E-state index is 0.0690. The molecule has 0 bridgehead atoms. The minimum Gasteiger partial charge on any atom is -0.454 e. The van der Waals surface area contributed by atoms with Crippen LogP contribution in [0.25, 0.3) is 11.0 Å². The van der Waals surface area contributed by atoms with Gasteiger partial charge in [-0.15, -0.1) is 0 Å². The quantitative estimate of drug-likeness (QED) is 0.305. The Balaban J connectivity index is 1.41. The second-order valence-electron chi connectivity index (χ2n) is 8.15. The third kappa shape index (κ3) is 6.25. The molecule has 0 aliphatic carbocycles. The van der Waals surface area contributed by atoms with E-state index < -0.39 is 23.6 Å². The van der Waals surface area contributed by atoms with Gasteiger partial charge in [0.25, 0.3) is 0 Å². The molecule has 3 aromatic carbocycles. The molecule has 0 radical (unpaired) electrons. The van der Waals surface area contributed by atoms with Crippen LogP contribution in [-0.2, 0) is 12.7 Å². The number of aromatic nitrogens is 2. The number of carbonyl (C=O) groups excluding carboxylic acids is 1. The Morgan fingerprint density at radius 3 is 2.31 bits per heavy atom. The van der Waals surface area contributed by atoms with Crippen molar-refractivity contribution in [2.45, 2.75) is 12.7 Å². The molecule has 0 unspecified atom stereocenters. The largest absolute Gasteiger partial charge is 0.454 e. The highest BCUT2D eigenvalue weighted by atomic mass is 19.4. The molecule has 4 rings (SSSR count). The SMILES string of the molecule is CN(C)Cc1cnc2ccc(Oc3ccc(NC(=O)Nc4ccc(C(F)(F)F)cc4)cc3F)cc2n1. The third-order valence-electron chi connectivity index (χ3n) is 4.93. The monoisotopic (exact) mass is 499 g/mol. The van der Waals surface area contributed by atoms with Gasteiger partial charge in [-0.25, -0.2) is 14.2 Å². The summed E-state index contributed by atoms with van der Waals surface area (Å²) in [4.78, 5) is 23.0. The number of urea groups is 1. The van der Waals surface area contributed by atoms with Crippen molar-refractivity contribution in [3.05, 3.63) is 83.9 Å². The predicted molar refractivity (Wildman–Crippen MR) is 127 cm³/mol. The molecule has 1 aromatic heterocycles. The fourth-order valence-electron chi connectivity index (χ4n) is 3.32. The van der Waals surface area contributed by atoms with Gasteiger partial charge >= 0.3 is 12.2 Å². The van der Waals surface area contributed by atoms with Crippen molar-refractivity contribution in [2.75, 3.05) is 24.7 Å². The average Bonchev–Trinajstić information content (AvgIpc) is 2.80. The first kappa shape index (κ1) is 24.9. The maximum atomic E-state index is 14.7. The number of nitrogens with zero attached hydrogens (tertiary/aromatic N) is 3. The molecule has 0 aliphatic heterocycles. The fourth-order valence-corrected chi connectivity index (χ4v) is 3.32. The Bertz CT molecular complexity index is 1390. The lowest BCUT2D eigenvalue weighted by atomic mass is 10.2. The molecule has 186 valence electrons. The first-order valence-electron chi connectivity index (χ1n) is 10.7. The van der Waals surface area contributed by atoms with Gasteiger partial charge in [0.05, 0.1) is 28.5 Å². The van der Waals surface area contributed by atoms with Crippen LogP contribution in [-0.4, -0.2) is 35.0 Å². The van der Waals surface area contributed by atoms with Crippen molar-refractivity contribution in [3.63, 3.8) is 0 Å². The average molecular weight is 499 g/mol. The molecule has 0 spiro atoms. The van der Waals surface area contributed by atoms with Crippen LogP contribution < -0.4 is 15.4 Å². The number of amides is 2. The number of carbonyl (C=O) groups is 1. The summed E-state index contributed by atoms with van der Waals surface area (Å²) < 4.78 is 58.3. The van der Waals surface area contributed by atoms with Crippen LogP contribution in [0.3, 0.4) is 0 Å². The summed E-state index contributed by atoms with van der Waals surface area (Å²) >= 11 is 0. The number of nitrogens with one attached hydrogen (secondary N) is 2. The van der Waals surface area contributed by atoms with Crippen molar-refractivity contribution in [1.29, 1.82) is 0 Å². The maximum Gasteiger partial charge on any atom is 0.416 e. The van der Waals surface area contributed by atoms with Crippen molar-refractivity contribution >= 4 is 28.4 Å². The molecule has 0 saturated carbocycles. The number of fused-ring (bicyclic) bond motifs is 1. The van der Waals surface area contributed by atoms with E-state index >= 15 is 0 Å². The molecule has 7 nitrogen and oxygen atoms in total. The van der Waals surface area contributed by atoms with Gasteiger partial charge in [0.2, 0.25) is 0 Å². The molecule has 4 aromatic rings. The van der Waals surface area contributed by atoms with E-state index in [0.29, 0.717) is 23.3 Å². The van der Waals surface area contributed by atoms with E-state index in [1.807, 2.05) is 19.0 Å². The van der Waals surface area contributed by atoms with Crippen LogP contribution >= 0.6 is 0 Å². The van der Waals surface area contributed by atoms with E-state index in [1.165, 1.54) is 12.1 Å². The number of hydrogen-bond acceptors (Lipinski definition) is 5. The molecule has 0 saturated heterocycles. The fraction of sp³-hybridized carbons (Fsp3) is 0.160. The lowest BCUT2D eigenvalue weighted by Gasteiger charge is -2.12. The normalized spacial score (nSPS) is 11.5. The van der Waals surface area contributed by atoms with E-state index in [2.05, 4.69) is 20.6 Å². The highest BCUT2D eigenvalue weighted by molar-refractivity contribution is 5.99. The summed E-state index contributed by atoms with van der Waals surface area (Å²) in [6.45, 7) is 0.615. The van der Waals surface area contributed by atoms with Gasteiger partial charge in [0, 0.05) is 30.1 Å². The first-order chi connectivity index (χ1) is 17.1. The van der Waals surface area contributed by atoms with Crippen molar-refractivity contribution in [2.24, 2.45) is 0 Å². The van der Waals surface area contributed by atoms with Gasteiger partial charge in [-0.05, 0) is 62.6 Å². The highest BCUT2D eigenvalue weighted by Crippen LogP contribution is 2.30. The molecule has 0 fully saturated rings. The van der Waals surface area contributed by atoms with E-state index in [9.17, 15) is 22.4 Å². The lowest BCUT2D eigenvalue weighted by Crippen LogP contribution is -2.19. The Kier molecular flexibility index (Phi) is 7.02. The van der Waals surface area contributed by atoms with E-state index in [4.69, 9.17) is 4.74 Å². The van der Waals surface area contributed by atoms with Crippen molar-refractivity contribution in [3.8, 4) is 11.5 Å². The topological polar surface area (TPSA) is 79.4 Å². The first-order valence-corrected chi connectivity index (χ1v) is 10.7. The third-order valence-corrected chi connectivity index (χ3v) is 4.93. The lowest BCUT2D eigenvalue weighted by molar-refractivity contribution is -0.137. The molecule has 36 heavy (non-hydrogen) atoms. The number of ether oxygens (including phenoxy) is 1. The summed E-state index contributed by atoms with van der Waals surface area (Å²) in [6, 6.07) is 12.1. The molecule has 2 amide bonds. The molecular weight excluding hydrogens is 478 g/mol. The van der Waals surface area contributed by atoms with Crippen LogP contribution in [0.1, 0.15) is 11.3 Å². The van der Waals surface area contributed by atoms with Crippen molar-refractivity contribution in [1.82, 2.24) is 14.9 Å². The summed E-state index contributed by atoms with van der Waals surface area (Å²) in [5.41, 5.74) is 1.49. The van der Waals surface area contributed by atoms with Gasteiger partial charge in [-0.2, -0.15) is 13.2 Å². The second kappa shape index (κ2) is 10.2. The molecule has 0 atom stereocenters. The van der Waals surface area contributed by atoms with E-state index in [-0.39, 0.29) is 17.1 Å². The smallest absolute Gasteiger partial charge is 0.416 e. The molecule has 2 N–H and O–H groups in total. The van der Waals surface area contributed by atoms with Crippen LogP contribution in [0.4, 0.5) is 33.7 Å². The molecular formula is C25H21F4N5O2. The molecule has 0 aliphatic rings. The van der Waals surface area contributed by atoms with Crippen LogP contribution in [0.15, 0.2) is 66.9 Å². The highest BCUT2D eigenvalue weighted by Gasteiger charge is 2.30. The van der Waals surface area contributed by atoms with Crippen molar-refractivity contribution < 1.29 is 27.1 Å². The Morgan fingerprint density at radius 1 is 0.944 bits per heavy atom. The summed E-state index contributed by atoms with van der Waals surface area (Å²) in [5.74, 6) is -0.436. The zero-order valence-corrected chi connectivity index (χ0v) is 19.2. The Morgan fingerprint density at radius 2 is 1.64 bits per heavy atom. The predicted octanol–water partition coefficient (Wildman–Crippen LogP) is 6.29. The number of hydrogen-bond donors (Lipinski definition) is 2. The van der Waals surface area contributed by atoms with Gasteiger partial charge in [0.15, 0.2) is 11.6 Å². The van der Waals surface area contributed by atoms with Gasteiger partial charge in [-0.3, -0.25) is 4.98 Å². The molecule has 11 heteroatoms. The molecule has 1 heterocycles. The zero-order valence-electron chi connectivity index (χ0n) is 19.2. The van der Waals surface area contributed by atoms with E-state index in [0.717, 1.165) is 36.0 Å². The zero-order chi connectivity index (χ0) is 25.9. The van der Waals surface area contributed by atoms with Crippen LogP contribution in [0, 0.1) is 5.82 Å². The number of benzene rings is 3. The Labute approximate surface area is 203 Å². The number of halogens is 4.